The van der Waals surface area contributed by atoms with Crippen LogP contribution in [0.3, 0.4) is 0 Å². The summed E-state index contributed by atoms with van der Waals surface area (Å²) in [5.74, 6) is -0.729. The van der Waals surface area contributed by atoms with Crippen molar-refractivity contribution in [2.75, 3.05) is 0 Å². The highest BCUT2D eigenvalue weighted by atomic mass is 16.2. The molecule has 0 aliphatic rings. The van der Waals surface area contributed by atoms with Gasteiger partial charge < -0.3 is 5.73 Å². The molecule has 92 valence electrons. The monoisotopic (exact) mass is 243 g/mol. The molecule has 2 N–H and O–H groups in total. The minimum Gasteiger partial charge on any atom is -0.365 e. The molecule has 0 bridgehead atoms. The smallest absolute Gasteiger partial charge is 0.284 e. The van der Waals surface area contributed by atoms with Crippen molar-refractivity contribution in [3.05, 3.63) is 65.1 Å². The van der Waals surface area contributed by atoms with Gasteiger partial charge in [-0.05, 0) is 12.1 Å². The summed E-state index contributed by atoms with van der Waals surface area (Å²) in [6, 6.07) is 9.05. The standard InChI is InChI=1S/C13H13N3O2/c1-2-8-15-9-11(12(14)17)13(18)16(15)10-6-4-3-5-7-10/h2-7,9H,1,8H2,(H2,14,17). The number of carbonyl (C=O) groups excluding carboxylic acids is 1. The Morgan fingerprint density at radius 3 is 2.56 bits per heavy atom. The molecule has 0 aliphatic carbocycles. The minimum absolute atomic E-state index is 0.0271. The Kier molecular flexibility index (Phi) is 3.14. The molecule has 0 spiro atoms. The van der Waals surface area contributed by atoms with Crippen molar-refractivity contribution in [1.82, 2.24) is 9.36 Å². The van der Waals surface area contributed by atoms with Crippen LogP contribution in [0.1, 0.15) is 10.4 Å². The zero-order chi connectivity index (χ0) is 13.1. The molecule has 1 amide bonds. The predicted octanol–water partition coefficient (Wildman–Crippen LogP) is 0.924. The van der Waals surface area contributed by atoms with Gasteiger partial charge in [0.05, 0.1) is 12.2 Å². The predicted molar refractivity (Wildman–Crippen MR) is 68.7 cm³/mol. The van der Waals surface area contributed by atoms with Gasteiger partial charge in [-0.25, -0.2) is 4.68 Å². The number of nitrogens with two attached hydrogens (primary N) is 1. The molecule has 0 saturated heterocycles. The van der Waals surface area contributed by atoms with Crippen molar-refractivity contribution < 1.29 is 4.79 Å². The Bertz CT molecular complexity index is 638. The van der Waals surface area contributed by atoms with Crippen LogP contribution in [-0.4, -0.2) is 15.3 Å². The Labute approximate surface area is 104 Å². The van der Waals surface area contributed by atoms with Crippen molar-refractivity contribution in [2.24, 2.45) is 5.73 Å². The van der Waals surface area contributed by atoms with Gasteiger partial charge in [0.15, 0.2) is 0 Å². The van der Waals surface area contributed by atoms with Gasteiger partial charge in [-0.2, -0.15) is 0 Å². The van der Waals surface area contributed by atoms with Gasteiger partial charge in [0.1, 0.15) is 5.56 Å². The first-order chi connectivity index (χ1) is 8.65. The van der Waals surface area contributed by atoms with E-state index in [1.807, 2.05) is 18.2 Å². The van der Waals surface area contributed by atoms with E-state index in [1.54, 1.807) is 22.9 Å². The first kappa shape index (κ1) is 11.9. The summed E-state index contributed by atoms with van der Waals surface area (Å²) in [6.45, 7) is 4.04. The average Bonchev–Trinajstić information content (AvgIpc) is 2.68. The van der Waals surface area contributed by atoms with E-state index in [2.05, 4.69) is 6.58 Å². The SMILES string of the molecule is C=CCn1cc(C(N)=O)c(=O)n1-c1ccccc1. The summed E-state index contributed by atoms with van der Waals surface area (Å²) < 4.78 is 3.01. The second kappa shape index (κ2) is 4.75. The summed E-state index contributed by atoms with van der Waals surface area (Å²) in [5.41, 5.74) is 5.41. The normalized spacial score (nSPS) is 10.2. The maximum Gasteiger partial charge on any atom is 0.284 e. The highest BCUT2D eigenvalue weighted by molar-refractivity contribution is 5.92. The van der Waals surface area contributed by atoms with Crippen LogP contribution in [0.25, 0.3) is 5.69 Å². The number of para-hydroxylation sites is 1. The van der Waals surface area contributed by atoms with Gasteiger partial charge in [0.25, 0.3) is 11.5 Å². The van der Waals surface area contributed by atoms with E-state index in [1.165, 1.54) is 10.9 Å². The van der Waals surface area contributed by atoms with Gasteiger partial charge in [-0.3, -0.25) is 14.3 Å². The van der Waals surface area contributed by atoms with Crippen LogP contribution < -0.4 is 11.3 Å². The molecule has 1 aromatic carbocycles. The Balaban J connectivity index is 2.68. The second-order valence-electron chi connectivity index (χ2n) is 3.77. The molecule has 1 aromatic heterocycles. The number of nitrogens with zero attached hydrogens (tertiary/aromatic N) is 2. The molecule has 0 unspecified atom stereocenters. The fraction of sp³-hybridized carbons (Fsp3) is 0.0769. The van der Waals surface area contributed by atoms with E-state index in [0.29, 0.717) is 12.2 Å². The Morgan fingerprint density at radius 1 is 1.33 bits per heavy atom. The lowest BCUT2D eigenvalue weighted by atomic mass is 10.3. The molecule has 2 aromatic rings. The molecule has 18 heavy (non-hydrogen) atoms. The van der Waals surface area contributed by atoms with Crippen molar-refractivity contribution >= 4 is 5.91 Å². The molecular weight excluding hydrogens is 230 g/mol. The molecule has 0 fully saturated rings. The number of carbonyl (C=O) groups is 1. The summed E-state index contributed by atoms with van der Waals surface area (Å²) >= 11 is 0. The maximum absolute atomic E-state index is 12.1. The van der Waals surface area contributed by atoms with Crippen LogP contribution in [-0.2, 0) is 6.54 Å². The van der Waals surface area contributed by atoms with Crippen molar-refractivity contribution in [3.8, 4) is 5.69 Å². The molecular formula is C13H13N3O2. The fourth-order valence-electron chi connectivity index (χ4n) is 1.76. The molecule has 2 rings (SSSR count). The number of hydrogen-bond donors (Lipinski definition) is 1. The molecule has 5 heteroatoms. The van der Waals surface area contributed by atoms with E-state index < -0.39 is 11.5 Å². The van der Waals surface area contributed by atoms with Crippen molar-refractivity contribution in [3.63, 3.8) is 0 Å². The number of benzene rings is 1. The molecule has 0 radical (unpaired) electrons. The number of rotatable bonds is 4. The van der Waals surface area contributed by atoms with Crippen LogP contribution in [0.15, 0.2) is 54.0 Å². The summed E-state index contributed by atoms with van der Waals surface area (Å²) in [5, 5.41) is 0. The van der Waals surface area contributed by atoms with E-state index in [4.69, 9.17) is 5.73 Å². The Hall–Kier alpha value is -2.56. The highest BCUT2D eigenvalue weighted by Gasteiger charge is 2.15. The topological polar surface area (TPSA) is 70.0 Å². The average molecular weight is 243 g/mol. The first-order valence-corrected chi connectivity index (χ1v) is 5.43. The number of primary amides is 1. The van der Waals surface area contributed by atoms with Crippen LogP contribution in [0.4, 0.5) is 0 Å². The number of amides is 1. The maximum atomic E-state index is 12.1. The van der Waals surface area contributed by atoms with Gasteiger partial charge in [-0.1, -0.05) is 24.3 Å². The van der Waals surface area contributed by atoms with Crippen molar-refractivity contribution in [1.29, 1.82) is 0 Å². The second-order valence-corrected chi connectivity index (χ2v) is 3.77. The first-order valence-electron chi connectivity index (χ1n) is 5.43. The number of allylic oxidation sites excluding steroid dienone is 1. The Morgan fingerprint density at radius 2 is 2.00 bits per heavy atom. The lowest BCUT2D eigenvalue weighted by Crippen LogP contribution is -2.25. The third kappa shape index (κ3) is 1.98. The third-order valence-electron chi connectivity index (χ3n) is 2.54. The van der Waals surface area contributed by atoms with E-state index in [-0.39, 0.29) is 5.56 Å². The largest absolute Gasteiger partial charge is 0.365 e. The van der Waals surface area contributed by atoms with Gasteiger partial charge in [-0.15, -0.1) is 6.58 Å². The quantitative estimate of drug-likeness (QED) is 0.811. The van der Waals surface area contributed by atoms with Crippen molar-refractivity contribution in [2.45, 2.75) is 6.54 Å². The van der Waals surface area contributed by atoms with Gasteiger partial charge >= 0.3 is 0 Å². The van der Waals surface area contributed by atoms with Crippen LogP contribution in [0.5, 0.6) is 0 Å². The molecule has 0 aliphatic heterocycles. The van der Waals surface area contributed by atoms with E-state index in [9.17, 15) is 9.59 Å². The van der Waals surface area contributed by atoms with Crippen LogP contribution in [0, 0.1) is 0 Å². The van der Waals surface area contributed by atoms with E-state index in [0.717, 1.165) is 0 Å². The minimum atomic E-state index is -0.729. The third-order valence-corrected chi connectivity index (χ3v) is 2.54. The number of aromatic nitrogens is 2. The zero-order valence-corrected chi connectivity index (χ0v) is 9.74. The molecule has 0 saturated carbocycles. The van der Waals surface area contributed by atoms with Crippen LogP contribution in [0.2, 0.25) is 0 Å². The zero-order valence-electron chi connectivity index (χ0n) is 9.74. The highest BCUT2D eigenvalue weighted by Crippen LogP contribution is 2.06. The van der Waals surface area contributed by atoms with Gasteiger partial charge in [0, 0.05) is 6.20 Å². The lowest BCUT2D eigenvalue weighted by molar-refractivity contribution is 0.0999. The summed E-state index contributed by atoms with van der Waals surface area (Å²) in [7, 11) is 0. The lowest BCUT2D eigenvalue weighted by Gasteiger charge is -2.08. The van der Waals surface area contributed by atoms with E-state index >= 15 is 0 Å². The number of hydrogen-bond acceptors (Lipinski definition) is 2. The summed E-state index contributed by atoms with van der Waals surface area (Å²) in [6.07, 6.45) is 3.09. The van der Waals surface area contributed by atoms with Gasteiger partial charge in [0.2, 0.25) is 0 Å². The molecule has 0 atom stereocenters. The molecule has 5 nitrogen and oxygen atoms in total. The fourth-order valence-corrected chi connectivity index (χ4v) is 1.76. The summed E-state index contributed by atoms with van der Waals surface area (Å²) in [4.78, 5) is 23.3. The molecule has 1 heterocycles. The van der Waals surface area contributed by atoms with Crippen LogP contribution >= 0.6 is 0 Å².